The van der Waals surface area contributed by atoms with Gasteiger partial charge in [-0.1, -0.05) is 30.3 Å². The van der Waals surface area contributed by atoms with Crippen LogP contribution in [0, 0.1) is 0 Å². The minimum Gasteiger partial charge on any atom is -0.483 e. The van der Waals surface area contributed by atoms with E-state index in [0.717, 1.165) is 44.7 Å². The van der Waals surface area contributed by atoms with Crippen LogP contribution in [0.4, 0.5) is 16.2 Å². The SMILES string of the molecule is C=C(Nc1ccc(C2c3c[nH]c4nccc(c34)-c3ccccc3N2C(=O)OC)cc1)OC. The highest BCUT2D eigenvalue weighted by molar-refractivity contribution is 6.06. The molecule has 1 aliphatic heterocycles. The minimum absolute atomic E-state index is 0.414. The van der Waals surface area contributed by atoms with Crippen LogP contribution in [-0.2, 0) is 9.47 Å². The average molecular weight is 426 g/mol. The molecule has 1 amide bonds. The summed E-state index contributed by atoms with van der Waals surface area (Å²) in [4.78, 5) is 22.6. The van der Waals surface area contributed by atoms with E-state index >= 15 is 0 Å². The van der Waals surface area contributed by atoms with E-state index in [4.69, 9.17) is 9.47 Å². The monoisotopic (exact) mass is 426 g/mol. The number of hydrogen-bond acceptors (Lipinski definition) is 5. The van der Waals surface area contributed by atoms with Gasteiger partial charge in [0.05, 0.1) is 25.9 Å². The van der Waals surface area contributed by atoms with Gasteiger partial charge in [-0.3, -0.25) is 4.90 Å². The van der Waals surface area contributed by atoms with Gasteiger partial charge in [0.15, 0.2) is 5.88 Å². The highest BCUT2D eigenvalue weighted by Gasteiger charge is 2.36. The highest BCUT2D eigenvalue weighted by atomic mass is 16.5. The van der Waals surface area contributed by atoms with Gasteiger partial charge in [-0.25, -0.2) is 9.78 Å². The van der Waals surface area contributed by atoms with Crippen molar-refractivity contribution in [2.75, 3.05) is 24.4 Å². The summed E-state index contributed by atoms with van der Waals surface area (Å²) in [5.41, 5.74) is 6.24. The Bertz CT molecular complexity index is 1330. The topological polar surface area (TPSA) is 79.5 Å². The first-order valence-corrected chi connectivity index (χ1v) is 10.1. The van der Waals surface area contributed by atoms with Crippen LogP contribution < -0.4 is 10.2 Å². The van der Waals surface area contributed by atoms with Crippen LogP contribution >= 0.6 is 0 Å². The Hall–Kier alpha value is -4.26. The van der Waals surface area contributed by atoms with Crippen molar-refractivity contribution in [2.24, 2.45) is 0 Å². The molecule has 160 valence electrons. The van der Waals surface area contributed by atoms with E-state index in [1.54, 1.807) is 18.2 Å². The Balaban J connectivity index is 1.74. The number of pyridine rings is 1. The summed E-state index contributed by atoms with van der Waals surface area (Å²) < 4.78 is 10.3. The molecule has 5 rings (SSSR count). The van der Waals surface area contributed by atoms with E-state index in [0.29, 0.717) is 5.88 Å². The number of nitrogens with one attached hydrogen (secondary N) is 2. The van der Waals surface area contributed by atoms with Gasteiger partial charge in [0.1, 0.15) is 5.65 Å². The lowest BCUT2D eigenvalue weighted by atomic mass is 9.96. The Kier molecular flexibility index (Phi) is 4.78. The van der Waals surface area contributed by atoms with Crippen molar-refractivity contribution in [3.63, 3.8) is 0 Å². The number of aromatic nitrogens is 2. The molecule has 0 saturated heterocycles. The van der Waals surface area contributed by atoms with E-state index in [2.05, 4.69) is 21.9 Å². The van der Waals surface area contributed by atoms with Gasteiger partial charge in [0, 0.05) is 34.6 Å². The summed E-state index contributed by atoms with van der Waals surface area (Å²) in [5, 5.41) is 4.08. The first-order chi connectivity index (χ1) is 15.6. The molecule has 1 unspecified atom stereocenters. The number of carbonyl (C=O) groups excluding carboxylic acids is 1. The third-order valence-electron chi connectivity index (χ3n) is 5.74. The van der Waals surface area contributed by atoms with Crippen molar-refractivity contribution >= 4 is 28.5 Å². The molecule has 4 aromatic rings. The molecule has 7 nitrogen and oxygen atoms in total. The van der Waals surface area contributed by atoms with E-state index in [1.807, 2.05) is 60.8 Å². The number of ether oxygens (including phenoxy) is 2. The second-order valence-electron chi connectivity index (χ2n) is 7.46. The highest BCUT2D eigenvalue weighted by Crippen LogP contribution is 2.47. The van der Waals surface area contributed by atoms with Crippen molar-refractivity contribution in [2.45, 2.75) is 6.04 Å². The van der Waals surface area contributed by atoms with Crippen molar-refractivity contribution in [1.82, 2.24) is 9.97 Å². The van der Waals surface area contributed by atoms with E-state index in [9.17, 15) is 4.79 Å². The number of carbonyl (C=O) groups is 1. The Morgan fingerprint density at radius 1 is 1.06 bits per heavy atom. The quantitative estimate of drug-likeness (QED) is 0.425. The normalized spacial score (nSPS) is 14.4. The number of hydrogen-bond donors (Lipinski definition) is 2. The Labute approximate surface area is 185 Å². The molecule has 3 heterocycles. The van der Waals surface area contributed by atoms with E-state index in [1.165, 1.54) is 7.11 Å². The molecule has 0 radical (unpaired) electrons. The van der Waals surface area contributed by atoms with Crippen LogP contribution in [-0.4, -0.2) is 30.3 Å². The molecule has 1 aliphatic rings. The Morgan fingerprint density at radius 2 is 1.84 bits per heavy atom. The van der Waals surface area contributed by atoms with Gasteiger partial charge in [0.25, 0.3) is 0 Å². The van der Waals surface area contributed by atoms with Gasteiger partial charge in [0.2, 0.25) is 0 Å². The number of H-pyrrole nitrogens is 1. The maximum Gasteiger partial charge on any atom is 0.414 e. The van der Waals surface area contributed by atoms with Crippen LogP contribution in [0.5, 0.6) is 0 Å². The fourth-order valence-electron chi connectivity index (χ4n) is 4.30. The summed E-state index contributed by atoms with van der Waals surface area (Å²) in [5.74, 6) is 0.449. The predicted octanol–water partition coefficient (Wildman–Crippen LogP) is 5.44. The zero-order chi connectivity index (χ0) is 22.2. The predicted molar refractivity (Wildman–Crippen MR) is 124 cm³/mol. The molecule has 1 atom stereocenters. The van der Waals surface area contributed by atoms with Crippen LogP contribution in [0.2, 0.25) is 0 Å². The van der Waals surface area contributed by atoms with E-state index < -0.39 is 12.1 Å². The summed E-state index contributed by atoms with van der Waals surface area (Å²) in [6.45, 7) is 3.79. The standard InChI is InChI=1S/C25H22N4O3/c1-15(31-2)28-17-10-8-16(9-11-17)23-20-14-27-24-22(20)19(12-13-26-24)18-6-4-5-7-21(18)29(23)25(30)32-3/h4-14,23,28H,1H2,2-3H3,(H,26,27). The zero-order valence-electron chi connectivity index (χ0n) is 17.8. The largest absolute Gasteiger partial charge is 0.483 e. The number of benzene rings is 2. The number of nitrogens with zero attached hydrogens (tertiary/aromatic N) is 2. The smallest absolute Gasteiger partial charge is 0.414 e. The van der Waals surface area contributed by atoms with Gasteiger partial charge in [-0.15, -0.1) is 0 Å². The second kappa shape index (κ2) is 7.77. The van der Waals surface area contributed by atoms with Crippen LogP contribution in [0.1, 0.15) is 17.2 Å². The average Bonchev–Trinajstić information content (AvgIpc) is 3.21. The van der Waals surface area contributed by atoms with Crippen molar-refractivity contribution in [3.05, 3.63) is 90.6 Å². The van der Waals surface area contributed by atoms with Gasteiger partial charge >= 0.3 is 6.09 Å². The van der Waals surface area contributed by atoms with E-state index in [-0.39, 0.29) is 0 Å². The molecule has 7 heteroatoms. The molecule has 2 aromatic heterocycles. The van der Waals surface area contributed by atoms with Crippen molar-refractivity contribution < 1.29 is 14.3 Å². The Morgan fingerprint density at radius 3 is 2.59 bits per heavy atom. The van der Waals surface area contributed by atoms with Crippen LogP contribution in [0.15, 0.2) is 79.5 Å². The van der Waals surface area contributed by atoms with Crippen LogP contribution in [0.3, 0.4) is 0 Å². The summed E-state index contributed by atoms with van der Waals surface area (Å²) in [7, 11) is 2.96. The fraction of sp³-hybridized carbons (Fsp3) is 0.120. The maximum atomic E-state index is 13.1. The number of para-hydroxylation sites is 1. The zero-order valence-corrected chi connectivity index (χ0v) is 17.8. The third kappa shape index (κ3) is 3.06. The molecular weight excluding hydrogens is 404 g/mol. The number of anilines is 2. The minimum atomic E-state index is -0.437. The number of fused-ring (bicyclic) bond motifs is 2. The molecule has 0 fully saturated rings. The molecule has 0 bridgehead atoms. The molecule has 0 saturated carbocycles. The number of rotatable bonds is 4. The number of amides is 1. The summed E-state index contributed by atoms with van der Waals surface area (Å²) >= 11 is 0. The van der Waals surface area contributed by atoms with Crippen molar-refractivity contribution in [3.8, 4) is 11.1 Å². The van der Waals surface area contributed by atoms with Gasteiger partial charge in [-0.2, -0.15) is 0 Å². The fourth-order valence-corrected chi connectivity index (χ4v) is 4.30. The lowest BCUT2D eigenvalue weighted by Gasteiger charge is -2.31. The second-order valence-corrected chi connectivity index (χ2v) is 7.46. The molecule has 2 aromatic carbocycles. The third-order valence-corrected chi connectivity index (χ3v) is 5.74. The summed E-state index contributed by atoms with van der Waals surface area (Å²) in [6.07, 6.45) is 3.26. The first kappa shape index (κ1) is 19.7. The number of aromatic amines is 1. The lowest BCUT2D eigenvalue weighted by Crippen LogP contribution is -2.35. The first-order valence-electron chi connectivity index (χ1n) is 10.1. The lowest BCUT2D eigenvalue weighted by molar-refractivity contribution is 0.177. The molecule has 0 aliphatic carbocycles. The molecule has 32 heavy (non-hydrogen) atoms. The van der Waals surface area contributed by atoms with Gasteiger partial charge in [-0.05, 0) is 42.0 Å². The maximum absolute atomic E-state index is 13.1. The van der Waals surface area contributed by atoms with Gasteiger partial charge < -0.3 is 19.8 Å². The van der Waals surface area contributed by atoms with Crippen LogP contribution in [0.25, 0.3) is 22.2 Å². The molecule has 2 N–H and O–H groups in total. The number of methoxy groups -OCH3 is 2. The van der Waals surface area contributed by atoms with Crippen molar-refractivity contribution in [1.29, 1.82) is 0 Å². The molecular formula is C25H22N4O3. The summed E-state index contributed by atoms with van der Waals surface area (Å²) in [6, 6.07) is 17.2. The molecule has 0 spiro atoms.